The van der Waals surface area contributed by atoms with Crippen LogP contribution in [0.2, 0.25) is 0 Å². The first-order chi connectivity index (χ1) is 14.5. The highest BCUT2D eigenvalue weighted by molar-refractivity contribution is 5.95. The average Bonchev–Trinajstić information content (AvgIpc) is 2.77. The van der Waals surface area contributed by atoms with Gasteiger partial charge in [0, 0.05) is 18.7 Å². The number of hydrogen-bond donors (Lipinski definition) is 2. The van der Waals surface area contributed by atoms with Gasteiger partial charge in [0.2, 0.25) is 17.7 Å². The third-order valence-corrected chi connectivity index (χ3v) is 4.47. The molecule has 0 radical (unpaired) electrons. The monoisotopic (exact) mass is 411 g/mol. The number of nitrogens with one attached hydrogen (secondary N) is 2. The molecular formula is C23H29N3O4. The Hall–Kier alpha value is -3.35. The Labute approximate surface area is 177 Å². The lowest BCUT2D eigenvalue weighted by molar-refractivity contribution is -0.136. The van der Waals surface area contributed by atoms with E-state index in [0.717, 1.165) is 18.4 Å². The molecule has 0 saturated heterocycles. The summed E-state index contributed by atoms with van der Waals surface area (Å²) in [6, 6.07) is 16.4. The molecule has 0 bridgehead atoms. The molecule has 7 nitrogen and oxygen atoms in total. The quantitative estimate of drug-likeness (QED) is 0.595. The number of anilines is 1. The molecule has 0 fully saturated rings. The largest absolute Gasteiger partial charge is 0.497 e. The molecule has 0 aliphatic rings. The molecule has 0 aliphatic heterocycles. The average molecular weight is 412 g/mol. The topological polar surface area (TPSA) is 87.7 Å². The van der Waals surface area contributed by atoms with Crippen LogP contribution in [0.1, 0.15) is 31.7 Å². The van der Waals surface area contributed by atoms with Gasteiger partial charge in [-0.3, -0.25) is 14.4 Å². The number of nitrogens with zero attached hydrogens (tertiary/aromatic N) is 1. The summed E-state index contributed by atoms with van der Waals surface area (Å²) in [5, 5.41) is 5.29. The minimum absolute atomic E-state index is 0.0708. The molecule has 0 aliphatic carbocycles. The summed E-state index contributed by atoms with van der Waals surface area (Å²) >= 11 is 0. The van der Waals surface area contributed by atoms with Gasteiger partial charge < -0.3 is 20.3 Å². The van der Waals surface area contributed by atoms with Crippen LogP contribution in [0.3, 0.4) is 0 Å². The molecule has 2 aromatic carbocycles. The van der Waals surface area contributed by atoms with Crippen molar-refractivity contribution in [3.05, 3.63) is 60.2 Å². The summed E-state index contributed by atoms with van der Waals surface area (Å²) in [6.45, 7) is 2.11. The fraction of sp³-hybridized carbons (Fsp3) is 0.348. The van der Waals surface area contributed by atoms with Crippen LogP contribution in [-0.2, 0) is 20.9 Å². The minimum Gasteiger partial charge on any atom is -0.497 e. The molecule has 3 amide bonds. The van der Waals surface area contributed by atoms with Crippen LogP contribution in [0, 0.1) is 0 Å². The van der Waals surface area contributed by atoms with E-state index in [1.165, 1.54) is 4.90 Å². The van der Waals surface area contributed by atoms with Crippen molar-refractivity contribution in [2.75, 3.05) is 25.5 Å². The predicted octanol–water partition coefficient (Wildman–Crippen LogP) is 2.97. The molecule has 0 unspecified atom stereocenters. The maximum atomic E-state index is 12.5. The van der Waals surface area contributed by atoms with E-state index >= 15 is 0 Å². The smallest absolute Gasteiger partial charge is 0.243 e. The molecule has 2 rings (SSSR count). The van der Waals surface area contributed by atoms with Gasteiger partial charge in [-0.1, -0.05) is 43.7 Å². The molecule has 0 heterocycles. The van der Waals surface area contributed by atoms with E-state index in [1.807, 2.05) is 37.3 Å². The van der Waals surface area contributed by atoms with Crippen LogP contribution in [0.15, 0.2) is 54.6 Å². The molecule has 0 atom stereocenters. The van der Waals surface area contributed by atoms with Crippen molar-refractivity contribution in [2.24, 2.45) is 0 Å². The van der Waals surface area contributed by atoms with Gasteiger partial charge in [-0.2, -0.15) is 0 Å². The standard InChI is InChI=1S/C23H29N3O4/c1-3-4-10-23(29)26(16-18-8-6-5-7-9-18)17-22(28)24-15-21(27)25-19-11-13-20(30-2)14-12-19/h5-9,11-14H,3-4,10,15-17H2,1-2H3,(H,24,28)(H,25,27). The van der Waals surface area contributed by atoms with E-state index in [2.05, 4.69) is 10.6 Å². The van der Waals surface area contributed by atoms with Gasteiger partial charge in [-0.15, -0.1) is 0 Å². The number of carbonyl (C=O) groups is 3. The molecule has 0 spiro atoms. The van der Waals surface area contributed by atoms with E-state index in [-0.39, 0.29) is 30.8 Å². The number of methoxy groups -OCH3 is 1. The third kappa shape index (κ3) is 7.95. The molecule has 0 aromatic heterocycles. The summed E-state index contributed by atoms with van der Waals surface area (Å²) < 4.78 is 5.07. The van der Waals surface area contributed by atoms with Crippen molar-refractivity contribution >= 4 is 23.4 Å². The summed E-state index contributed by atoms with van der Waals surface area (Å²) in [6.07, 6.45) is 2.08. The van der Waals surface area contributed by atoms with E-state index < -0.39 is 0 Å². The van der Waals surface area contributed by atoms with E-state index in [1.54, 1.807) is 31.4 Å². The van der Waals surface area contributed by atoms with Gasteiger partial charge in [0.05, 0.1) is 20.2 Å². The van der Waals surface area contributed by atoms with Gasteiger partial charge >= 0.3 is 0 Å². The van der Waals surface area contributed by atoms with Gasteiger partial charge in [0.25, 0.3) is 0 Å². The van der Waals surface area contributed by atoms with Gasteiger partial charge in [-0.25, -0.2) is 0 Å². The Bertz CT molecular complexity index is 822. The lowest BCUT2D eigenvalue weighted by Crippen LogP contribution is -2.42. The minimum atomic E-state index is -0.374. The maximum absolute atomic E-state index is 12.5. The summed E-state index contributed by atoms with van der Waals surface area (Å²) in [5.41, 5.74) is 1.56. The lowest BCUT2D eigenvalue weighted by atomic mass is 10.2. The number of carbonyl (C=O) groups excluding carboxylic acids is 3. The number of amides is 3. The Morgan fingerprint density at radius 2 is 1.67 bits per heavy atom. The van der Waals surface area contributed by atoms with Crippen LogP contribution >= 0.6 is 0 Å². The first-order valence-electron chi connectivity index (χ1n) is 10.0. The Morgan fingerprint density at radius 3 is 2.30 bits per heavy atom. The highest BCUT2D eigenvalue weighted by atomic mass is 16.5. The van der Waals surface area contributed by atoms with Crippen molar-refractivity contribution in [2.45, 2.75) is 32.7 Å². The van der Waals surface area contributed by atoms with Crippen molar-refractivity contribution in [3.63, 3.8) is 0 Å². The summed E-state index contributed by atoms with van der Waals surface area (Å²) in [5.74, 6) is -0.104. The second-order valence-corrected chi connectivity index (χ2v) is 6.89. The van der Waals surface area contributed by atoms with Crippen LogP contribution in [0.25, 0.3) is 0 Å². The second-order valence-electron chi connectivity index (χ2n) is 6.89. The fourth-order valence-corrected chi connectivity index (χ4v) is 2.81. The SMILES string of the molecule is CCCCC(=O)N(CC(=O)NCC(=O)Nc1ccc(OC)cc1)Cc1ccccc1. The molecule has 2 aromatic rings. The Balaban J connectivity index is 1.87. The zero-order chi connectivity index (χ0) is 21.8. The Morgan fingerprint density at radius 1 is 0.967 bits per heavy atom. The molecular weight excluding hydrogens is 382 g/mol. The fourth-order valence-electron chi connectivity index (χ4n) is 2.81. The normalized spacial score (nSPS) is 10.2. The zero-order valence-corrected chi connectivity index (χ0v) is 17.5. The number of rotatable bonds is 11. The zero-order valence-electron chi connectivity index (χ0n) is 17.5. The third-order valence-electron chi connectivity index (χ3n) is 4.47. The first kappa shape index (κ1) is 22.9. The summed E-state index contributed by atoms with van der Waals surface area (Å²) in [4.78, 5) is 38.5. The predicted molar refractivity (Wildman–Crippen MR) is 116 cm³/mol. The maximum Gasteiger partial charge on any atom is 0.243 e. The molecule has 7 heteroatoms. The number of hydrogen-bond acceptors (Lipinski definition) is 4. The van der Waals surface area contributed by atoms with Crippen LogP contribution in [-0.4, -0.2) is 42.8 Å². The lowest BCUT2D eigenvalue weighted by Gasteiger charge is -2.22. The van der Waals surface area contributed by atoms with Crippen molar-refractivity contribution < 1.29 is 19.1 Å². The summed E-state index contributed by atoms with van der Waals surface area (Å²) in [7, 11) is 1.57. The number of ether oxygens (including phenoxy) is 1. The van der Waals surface area contributed by atoms with E-state index in [9.17, 15) is 14.4 Å². The highest BCUT2D eigenvalue weighted by Crippen LogP contribution is 2.14. The highest BCUT2D eigenvalue weighted by Gasteiger charge is 2.17. The van der Waals surface area contributed by atoms with Crippen molar-refractivity contribution in [1.82, 2.24) is 10.2 Å². The van der Waals surface area contributed by atoms with E-state index in [4.69, 9.17) is 4.74 Å². The van der Waals surface area contributed by atoms with Crippen LogP contribution in [0.5, 0.6) is 5.75 Å². The van der Waals surface area contributed by atoms with Gasteiger partial charge in [0.15, 0.2) is 0 Å². The molecule has 0 saturated carbocycles. The van der Waals surface area contributed by atoms with E-state index in [0.29, 0.717) is 24.4 Å². The molecule has 30 heavy (non-hydrogen) atoms. The first-order valence-corrected chi connectivity index (χ1v) is 10.0. The molecule has 160 valence electrons. The number of unbranched alkanes of at least 4 members (excludes halogenated alkanes) is 1. The Kier molecular flexibility index (Phi) is 9.37. The molecule has 2 N–H and O–H groups in total. The van der Waals surface area contributed by atoms with Crippen molar-refractivity contribution in [1.29, 1.82) is 0 Å². The van der Waals surface area contributed by atoms with Gasteiger partial charge in [0.1, 0.15) is 5.75 Å². The van der Waals surface area contributed by atoms with Crippen molar-refractivity contribution in [3.8, 4) is 5.75 Å². The second kappa shape index (κ2) is 12.3. The van der Waals surface area contributed by atoms with Gasteiger partial charge in [-0.05, 0) is 36.2 Å². The van der Waals surface area contributed by atoms with Crippen LogP contribution < -0.4 is 15.4 Å². The number of benzene rings is 2. The van der Waals surface area contributed by atoms with Crippen LogP contribution in [0.4, 0.5) is 5.69 Å².